The van der Waals surface area contributed by atoms with Gasteiger partial charge < -0.3 is 19.0 Å². The maximum atomic E-state index is 13.2. The minimum atomic E-state index is -0.441. The Balaban J connectivity index is 1.05. The molecule has 4 heterocycles. The van der Waals surface area contributed by atoms with Gasteiger partial charge in [-0.05, 0) is 42.9 Å². The number of hydrogen-bond donors (Lipinski definition) is 0. The molecular weight excluding hydrogens is 514 g/mol. The van der Waals surface area contributed by atoms with E-state index in [1.807, 2.05) is 21.9 Å². The fraction of sp³-hybridized carbons (Fsp3) is 0.345. The van der Waals surface area contributed by atoms with E-state index in [-0.39, 0.29) is 29.5 Å². The number of fused-ring (bicyclic) bond motifs is 1. The molecule has 2 fully saturated rings. The van der Waals surface area contributed by atoms with Gasteiger partial charge in [-0.2, -0.15) is 5.10 Å². The standard InChI is InChI=1S/C29H29N5O6/c1-39-24-7-3-5-21-17-25(40-27(21)24)28(36)31-13-9-29(10-14-31)11-15-32(19-29)26(35)18-33-12-8-23(30-33)20-4-2-6-22(16-20)34(37)38/h2-8,12,16-17H,9-11,13-15,18-19H2,1H3. The SMILES string of the molecule is COc1cccc2cc(C(=O)N3CCC4(CCN(C(=O)Cn5ccc(-c6cccc([N+](=O)[O-])c6)n5)C4)CC3)oc12. The van der Waals surface area contributed by atoms with Crippen LogP contribution in [-0.2, 0) is 11.3 Å². The van der Waals surface area contributed by atoms with Gasteiger partial charge in [-0.25, -0.2) is 0 Å². The number of likely N-dealkylation sites (tertiary alicyclic amines) is 2. The van der Waals surface area contributed by atoms with Crippen molar-refractivity contribution in [3.8, 4) is 17.0 Å². The number of carbonyl (C=O) groups is 2. The van der Waals surface area contributed by atoms with Gasteiger partial charge in [-0.1, -0.05) is 24.3 Å². The molecule has 0 atom stereocenters. The van der Waals surface area contributed by atoms with Crippen molar-refractivity contribution in [1.29, 1.82) is 0 Å². The van der Waals surface area contributed by atoms with Gasteiger partial charge in [0, 0.05) is 55.5 Å². The van der Waals surface area contributed by atoms with E-state index < -0.39 is 4.92 Å². The Hall–Kier alpha value is -4.67. The number of nitrogens with zero attached hydrogens (tertiary/aromatic N) is 5. The second-order valence-corrected chi connectivity index (χ2v) is 10.6. The van der Waals surface area contributed by atoms with Gasteiger partial charge >= 0.3 is 0 Å². The minimum absolute atomic E-state index is 0.00177. The number of benzene rings is 2. The lowest BCUT2D eigenvalue weighted by Gasteiger charge is -2.39. The van der Waals surface area contributed by atoms with Crippen LogP contribution in [0.1, 0.15) is 29.8 Å². The summed E-state index contributed by atoms with van der Waals surface area (Å²) in [6, 6.07) is 15.4. The summed E-state index contributed by atoms with van der Waals surface area (Å²) in [6.07, 6.45) is 4.27. The molecule has 2 aliphatic heterocycles. The molecule has 2 saturated heterocycles. The Labute approximate surface area is 230 Å². The minimum Gasteiger partial charge on any atom is -0.493 e. The predicted octanol–water partition coefficient (Wildman–Crippen LogP) is 4.37. The first-order valence-electron chi connectivity index (χ1n) is 13.3. The highest BCUT2D eigenvalue weighted by molar-refractivity contribution is 5.97. The van der Waals surface area contributed by atoms with Gasteiger partial charge in [0.25, 0.3) is 11.6 Å². The quantitative estimate of drug-likeness (QED) is 0.261. The number of para-hydroxylation sites is 1. The maximum Gasteiger partial charge on any atom is 0.289 e. The molecule has 0 aliphatic carbocycles. The zero-order chi connectivity index (χ0) is 27.9. The Morgan fingerprint density at radius 1 is 1.05 bits per heavy atom. The number of ether oxygens (including phenoxy) is 1. The summed E-state index contributed by atoms with van der Waals surface area (Å²) in [5.74, 6) is 0.764. The molecule has 40 heavy (non-hydrogen) atoms. The van der Waals surface area contributed by atoms with Crippen molar-refractivity contribution in [1.82, 2.24) is 19.6 Å². The first-order chi connectivity index (χ1) is 19.3. The van der Waals surface area contributed by atoms with Crippen molar-refractivity contribution in [2.75, 3.05) is 33.3 Å². The van der Waals surface area contributed by atoms with Crippen LogP contribution in [0.3, 0.4) is 0 Å². The highest BCUT2D eigenvalue weighted by Gasteiger charge is 2.43. The molecule has 1 spiro atoms. The van der Waals surface area contributed by atoms with Gasteiger partial charge in [0.2, 0.25) is 5.91 Å². The number of amides is 2. The fourth-order valence-corrected chi connectivity index (χ4v) is 5.82. The average Bonchev–Trinajstić information content (AvgIpc) is 3.72. The molecular formula is C29H29N5O6. The van der Waals surface area contributed by atoms with Crippen molar-refractivity contribution in [2.24, 2.45) is 5.41 Å². The molecule has 0 radical (unpaired) electrons. The van der Waals surface area contributed by atoms with Crippen LogP contribution in [0.2, 0.25) is 0 Å². The van der Waals surface area contributed by atoms with E-state index in [1.54, 1.807) is 48.3 Å². The summed E-state index contributed by atoms with van der Waals surface area (Å²) in [4.78, 5) is 40.7. The molecule has 4 aromatic rings. The maximum absolute atomic E-state index is 13.2. The average molecular weight is 544 g/mol. The monoisotopic (exact) mass is 543 g/mol. The summed E-state index contributed by atoms with van der Waals surface area (Å²) in [5.41, 5.74) is 1.78. The first kappa shape index (κ1) is 25.6. The third kappa shape index (κ3) is 4.78. The number of methoxy groups -OCH3 is 1. The number of carbonyl (C=O) groups excluding carboxylic acids is 2. The number of non-ortho nitro benzene ring substituents is 1. The molecule has 0 bridgehead atoms. The number of nitro groups is 1. The zero-order valence-corrected chi connectivity index (χ0v) is 22.1. The van der Waals surface area contributed by atoms with Gasteiger partial charge in [0.15, 0.2) is 17.1 Å². The number of piperidine rings is 1. The first-order valence-corrected chi connectivity index (χ1v) is 13.3. The fourth-order valence-electron chi connectivity index (χ4n) is 5.82. The second kappa shape index (κ2) is 10.1. The van der Waals surface area contributed by atoms with Crippen molar-refractivity contribution in [3.05, 3.63) is 76.7 Å². The van der Waals surface area contributed by atoms with E-state index in [1.165, 1.54) is 12.1 Å². The Morgan fingerprint density at radius 3 is 2.55 bits per heavy atom. The summed E-state index contributed by atoms with van der Waals surface area (Å²) >= 11 is 0. The van der Waals surface area contributed by atoms with Crippen molar-refractivity contribution in [3.63, 3.8) is 0 Å². The van der Waals surface area contributed by atoms with Crippen LogP contribution < -0.4 is 4.74 Å². The van der Waals surface area contributed by atoms with Crippen LogP contribution in [0, 0.1) is 15.5 Å². The molecule has 0 unspecified atom stereocenters. The van der Waals surface area contributed by atoms with Crippen LogP contribution in [0.5, 0.6) is 5.75 Å². The molecule has 2 amide bonds. The highest BCUT2D eigenvalue weighted by atomic mass is 16.6. The largest absolute Gasteiger partial charge is 0.493 e. The molecule has 2 aliphatic rings. The summed E-state index contributed by atoms with van der Waals surface area (Å²) in [7, 11) is 1.57. The predicted molar refractivity (Wildman–Crippen MR) is 146 cm³/mol. The molecule has 2 aromatic heterocycles. The number of hydrogen-bond acceptors (Lipinski definition) is 7. The summed E-state index contributed by atoms with van der Waals surface area (Å²) in [6.45, 7) is 2.66. The van der Waals surface area contributed by atoms with E-state index in [0.717, 1.165) is 24.6 Å². The number of aromatic nitrogens is 2. The third-order valence-electron chi connectivity index (χ3n) is 8.13. The number of furan rings is 1. The normalized spacial score (nSPS) is 16.5. The van der Waals surface area contributed by atoms with Gasteiger partial charge in [-0.3, -0.25) is 24.4 Å². The topological polar surface area (TPSA) is 124 Å². The van der Waals surface area contributed by atoms with Gasteiger partial charge in [0.1, 0.15) is 6.54 Å². The van der Waals surface area contributed by atoms with Gasteiger partial charge in [-0.15, -0.1) is 0 Å². The Bertz CT molecular complexity index is 1600. The lowest BCUT2D eigenvalue weighted by molar-refractivity contribution is -0.384. The summed E-state index contributed by atoms with van der Waals surface area (Å²) < 4.78 is 12.8. The van der Waals surface area contributed by atoms with Crippen molar-refractivity contribution < 1.29 is 23.7 Å². The zero-order valence-electron chi connectivity index (χ0n) is 22.1. The second-order valence-electron chi connectivity index (χ2n) is 10.6. The van der Waals surface area contributed by atoms with E-state index in [4.69, 9.17) is 9.15 Å². The van der Waals surface area contributed by atoms with Crippen LogP contribution in [0.4, 0.5) is 5.69 Å². The lowest BCUT2D eigenvalue weighted by atomic mass is 9.77. The third-order valence-corrected chi connectivity index (χ3v) is 8.13. The van der Waals surface area contributed by atoms with Crippen LogP contribution in [-0.4, -0.2) is 69.6 Å². The number of rotatable bonds is 6. The van der Waals surface area contributed by atoms with E-state index in [0.29, 0.717) is 54.5 Å². The Kier molecular flexibility index (Phi) is 6.49. The van der Waals surface area contributed by atoms with Gasteiger partial charge in [0.05, 0.1) is 17.7 Å². The van der Waals surface area contributed by atoms with Crippen LogP contribution in [0.25, 0.3) is 22.2 Å². The molecule has 0 N–H and O–H groups in total. The van der Waals surface area contributed by atoms with E-state index in [9.17, 15) is 19.7 Å². The Morgan fingerprint density at radius 2 is 1.80 bits per heavy atom. The van der Waals surface area contributed by atoms with E-state index >= 15 is 0 Å². The van der Waals surface area contributed by atoms with Crippen molar-refractivity contribution in [2.45, 2.75) is 25.8 Å². The summed E-state index contributed by atoms with van der Waals surface area (Å²) in [5, 5.41) is 16.4. The molecule has 11 heteroatoms. The van der Waals surface area contributed by atoms with E-state index in [2.05, 4.69) is 5.10 Å². The molecule has 6 rings (SSSR count). The molecule has 206 valence electrons. The highest BCUT2D eigenvalue weighted by Crippen LogP contribution is 2.41. The molecule has 11 nitrogen and oxygen atoms in total. The smallest absolute Gasteiger partial charge is 0.289 e. The number of nitro benzene ring substituents is 1. The van der Waals surface area contributed by atoms with Crippen LogP contribution >= 0.6 is 0 Å². The molecule has 0 saturated carbocycles. The van der Waals surface area contributed by atoms with Crippen LogP contribution in [0.15, 0.2) is 65.2 Å². The van der Waals surface area contributed by atoms with Crippen molar-refractivity contribution >= 4 is 28.5 Å². The lowest BCUT2D eigenvalue weighted by Crippen LogP contribution is -2.44. The molecule has 2 aromatic carbocycles.